The molecule has 1 amide bonds. The zero-order valence-electron chi connectivity index (χ0n) is 21.5. The Hall–Kier alpha value is -4.52. The standard InChI is InChI=1S/C27H23F3N4O5S/c1-16-13-17(2)23(18(3)14-16)39-26-20(24(35)34-40(36,37)22-8-4-5-11-31-22)9-10-21(33-26)19-7-6-12-32-25(19)38-15-27(28,29)30/h4-14H,15H2,1-3H3,(H,34,35). The highest BCUT2D eigenvalue weighted by atomic mass is 32.2. The lowest BCUT2D eigenvalue weighted by Crippen LogP contribution is -2.31. The summed E-state index contributed by atoms with van der Waals surface area (Å²) in [6.45, 7) is 3.90. The minimum absolute atomic E-state index is 0.0758. The maximum Gasteiger partial charge on any atom is 0.422 e. The molecule has 1 N–H and O–H groups in total. The van der Waals surface area contributed by atoms with Crippen LogP contribution in [0.2, 0.25) is 0 Å². The van der Waals surface area contributed by atoms with E-state index in [1.165, 1.54) is 54.9 Å². The summed E-state index contributed by atoms with van der Waals surface area (Å²) in [6, 6.07) is 13.4. The summed E-state index contributed by atoms with van der Waals surface area (Å²) in [5.41, 5.74) is 2.32. The minimum atomic E-state index is -4.60. The molecule has 0 aliphatic carbocycles. The van der Waals surface area contributed by atoms with Crippen molar-refractivity contribution in [3.63, 3.8) is 0 Å². The Labute approximate surface area is 228 Å². The van der Waals surface area contributed by atoms with Crippen LogP contribution < -0.4 is 14.2 Å². The average molecular weight is 573 g/mol. The maximum atomic E-state index is 13.2. The summed E-state index contributed by atoms with van der Waals surface area (Å²) in [5, 5.41) is -0.373. The van der Waals surface area contributed by atoms with Gasteiger partial charge in [-0.25, -0.2) is 19.7 Å². The molecule has 0 bridgehead atoms. The van der Waals surface area contributed by atoms with E-state index in [0.717, 1.165) is 5.56 Å². The SMILES string of the molecule is Cc1cc(C)c(Oc2nc(-c3cccnc3OCC(F)(F)F)ccc2C(=O)NS(=O)(=O)c2ccccn2)c(C)c1. The van der Waals surface area contributed by atoms with Crippen molar-refractivity contribution < 1.29 is 35.9 Å². The lowest BCUT2D eigenvalue weighted by Gasteiger charge is -2.16. The summed E-state index contributed by atoms with van der Waals surface area (Å²) in [5.74, 6) is -1.30. The first-order valence-electron chi connectivity index (χ1n) is 11.7. The molecule has 208 valence electrons. The number of sulfonamides is 1. The summed E-state index contributed by atoms with van der Waals surface area (Å²) in [4.78, 5) is 25.2. The predicted octanol–water partition coefficient (Wildman–Crippen LogP) is 5.32. The van der Waals surface area contributed by atoms with Crippen LogP contribution in [0, 0.1) is 20.8 Å². The number of nitrogens with zero attached hydrogens (tertiary/aromatic N) is 3. The molecule has 0 saturated heterocycles. The van der Waals surface area contributed by atoms with Gasteiger partial charge in [-0.1, -0.05) is 23.8 Å². The van der Waals surface area contributed by atoms with E-state index in [1.807, 2.05) is 23.8 Å². The number of aryl methyl sites for hydroxylation is 3. The van der Waals surface area contributed by atoms with Gasteiger partial charge >= 0.3 is 6.18 Å². The largest absolute Gasteiger partial charge is 0.468 e. The number of hydrogen-bond acceptors (Lipinski definition) is 8. The van der Waals surface area contributed by atoms with E-state index in [4.69, 9.17) is 9.47 Å². The molecular formula is C27H23F3N4O5S. The van der Waals surface area contributed by atoms with Gasteiger partial charge in [0.05, 0.1) is 11.3 Å². The number of halogens is 3. The highest BCUT2D eigenvalue weighted by Crippen LogP contribution is 2.34. The Balaban J connectivity index is 1.79. The van der Waals surface area contributed by atoms with Crippen molar-refractivity contribution in [3.8, 4) is 28.8 Å². The third-order valence-corrected chi connectivity index (χ3v) is 6.71. The Morgan fingerprint density at radius 3 is 2.27 bits per heavy atom. The fraction of sp³-hybridized carbons (Fsp3) is 0.185. The molecule has 40 heavy (non-hydrogen) atoms. The number of pyridine rings is 3. The monoisotopic (exact) mass is 572 g/mol. The van der Waals surface area contributed by atoms with Crippen LogP contribution >= 0.6 is 0 Å². The molecule has 3 aromatic heterocycles. The molecule has 0 fully saturated rings. The Morgan fingerprint density at radius 1 is 0.925 bits per heavy atom. The number of amides is 1. The van der Waals surface area contributed by atoms with Gasteiger partial charge in [0.2, 0.25) is 11.8 Å². The topological polar surface area (TPSA) is 120 Å². The molecule has 0 radical (unpaired) electrons. The molecule has 4 aromatic rings. The maximum absolute atomic E-state index is 13.2. The minimum Gasteiger partial charge on any atom is -0.468 e. The fourth-order valence-electron chi connectivity index (χ4n) is 3.85. The zero-order chi connectivity index (χ0) is 29.1. The van der Waals surface area contributed by atoms with Crippen LogP contribution in [-0.2, 0) is 10.0 Å². The van der Waals surface area contributed by atoms with Gasteiger partial charge in [0.1, 0.15) is 11.3 Å². The fourth-order valence-corrected chi connectivity index (χ4v) is 4.77. The second kappa shape index (κ2) is 11.3. The molecular weight excluding hydrogens is 549 g/mol. The van der Waals surface area contributed by atoms with Crippen LogP contribution in [-0.4, -0.2) is 42.1 Å². The van der Waals surface area contributed by atoms with Crippen molar-refractivity contribution >= 4 is 15.9 Å². The number of ether oxygens (including phenoxy) is 2. The second-order valence-corrected chi connectivity index (χ2v) is 10.4. The van der Waals surface area contributed by atoms with E-state index in [2.05, 4.69) is 15.0 Å². The highest BCUT2D eigenvalue weighted by molar-refractivity contribution is 7.90. The van der Waals surface area contributed by atoms with Crippen molar-refractivity contribution in [2.24, 2.45) is 0 Å². The second-order valence-electron chi connectivity index (χ2n) is 8.74. The van der Waals surface area contributed by atoms with Crippen LogP contribution in [0.4, 0.5) is 13.2 Å². The number of nitrogens with one attached hydrogen (secondary N) is 1. The molecule has 3 heterocycles. The first-order valence-corrected chi connectivity index (χ1v) is 13.2. The van der Waals surface area contributed by atoms with Crippen LogP contribution in [0.25, 0.3) is 11.3 Å². The van der Waals surface area contributed by atoms with Crippen molar-refractivity contribution in [3.05, 3.63) is 89.2 Å². The lowest BCUT2D eigenvalue weighted by molar-refractivity contribution is -0.154. The van der Waals surface area contributed by atoms with Crippen LogP contribution in [0.15, 0.2) is 72.0 Å². The van der Waals surface area contributed by atoms with Crippen molar-refractivity contribution in [1.29, 1.82) is 0 Å². The number of aromatic nitrogens is 3. The van der Waals surface area contributed by atoms with Gasteiger partial charge in [-0.3, -0.25) is 4.79 Å². The molecule has 4 rings (SSSR count). The van der Waals surface area contributed by atoms with E-state index >= 15 is 0 Å². The van der Waals surface area contributed by atoms with Gasteiger partial charge in [-0.2, -0.15) is 21.6 Å². The van der Waals surface area contributed by atoms with Crippen LogP contribution in [0.5, 0.6) is 17.5 Å². The number of benzene rings is 1. The van der Waals surface area contributed by atoms with Gasteiger partial charge in [-0.15, -0.1) is 0 Å². The Bertz CT molecular complexity index is 1640. The van der Waals surface area contributed by atoms with E-state index < -0.39 is 28.7 Å². The average Bonchev–Trinajstić information content (AvgIpc) is 2.89. The highest BCUT2D eigenvalue weighted by Gasteiger charge is 2.30. The van der Waals surface area contributed by atoms with Gasteiger partial charge in [0, 0.05) is 12.4 Å². The normalized spacial score (nSPS) is 11.7. The molecule has 9 nitrogen and oxygen atoms in total. The zero-order valence-corrected chi connectivity index (χ0v) is 22.3. The van der Waals surface area contributed by atoms with E-state index in [-0.39, 0.29) is 33.6 Å². The quantitative estimate of drug-likeness (QED) is 0.301. The summed E-state index contributed by atoms with van der Waals surface area (Å²) >= 11 is 0. The van der Waals surface area contributed by atoms with Crippen LogP contribution in [0.3, 0.4) is 0 Å². The smallest absolute Gasteiger partial charge is 0.422 e. The van der Waals surface area contributed by atoms with Gasteiger partial charge in [0.15, 0.2) is 11.6 Å². The molecule has 0 aliphatic heterocycles. The molecule has 13 heteroatoms. The predicted molar refractivity (Wildman–Crippen MR) is 139 cm³/mol. The molecule has 1 aromatic carbocycles. The first-order chi connectivity index (χ1) is 18.8. The Morgan fingerprint density at radius 2 is 1.62 bits per heavy atom. The van der Waals surface area contributed by atoms with Gasteiger partial charge in [-0.05, 0) is 68.3 Å². The van der Waals surface area contributed by atoms with Crippen molar-refractivity contribution in [2.75, 3.05) is 6.61 Å². The molecule has 0 unspecified atom stereocenters. The molecule has 0 saturated carbocycles. The van der Waals surface area contributed by atoms with E-state index in [9.17, 15) is 26.4 Å². The van der Waals surface area contributed by atoms with Gasteiger partial charge < -0.3 is 9.47 Å². The number of rotatable bonds is 8. The number of carbonyl (C=O) groups excluding carboxylic acids is 1. The summed E-state index contributed by atoms with van der Waals surface area (Å²) < 4.78 is 76.8. The third-order valence-electron chi connectivity index (χ3n) is 5.47. The first kappa shape index (κ1) is 28.5. The lowest BCUT2D eigenvalue weighted by atomic mass is 10.1. The summed E-state index contributed by atoms with van der Waals surface area (Å²) in [6.07, 6.45) is -2.08. The number of carbonyl (C=O) groups is 1. The van der Waals surface area contributed by atoms with Crippen molar-refractivity contribution in [1.82, 2.24) is 19.7 Å². The molecule has 0 atom stereocenters. The molecule has 0 spiro atoms. The third kappa shape index (κ3) is 6.72. The Kier molecular flexibility index (Phi) is 8.05. The summed E-state index contributed by atoms with van der Waals surface area (Å²) in [7, 11) is -4.34. The van der Waals surface area contributed by atoms with E-state index in [0.29, 0.717) is 16.9 Å². The van der Waals surface area contributed by atoms with Gasteiger partial charge in [0.25, 0.3) is 15.9 Å². The van der Waals surface area contributed by atoms with E-state index in [1.54, 1.807) is 13.8 Å². The number of hydrogen-bond donors (Lipinski definition) is 1. The number of alkyl halides is 3. The molecule has 0 aliphatic rings. The van der Waals surface area contributed by atoms with Crippen LogP contribution in [0.1, 0.15) is 27.0 Å². The van der Waals surface area contributed by atoms with Crippen molar-refractivity contribution in [2.45, 2.75) is 32.0 Å².